The summed E-state index contributed by atoms with van der Waals surface area (Å²) < 4.78 is 0. The number of non-ortho nitro benzene ring substituents is 1. The van der Waals surface area contributed by atoms with Crippen molar-refractivity contribution in [3.8, 4) is 5.75 Å². The van der Waals surface area contributed by atoms with E-state index in [0.29, 0.717) is 5.75 Å². The van der Waals surface area contributed by atoms with Crippen LogP contribution in [-0.4, -0.2) is 10.6 Å². The lowest BCUT2D eigenvalue weighted by Crippen LogP contribution is -1.91. The number of rotatable bonds is 3. The molecule has 0 atom stereocenters. The molecule has 0 aliphatic heterocycles. The van der Waals surface area contributed by atoms with Crippen molar-refractivity contribution in [1.29, 1.82) is 0 Å². The number of nitro groups is 1. The second-order valence-corrected chi connectivity index (χ2v) is 3.41. The Labute approximate surface area is 91.4 Å². The number of oxime groups is 1. The van der Waals surface area contributed by atoms with Gasteiger partial charge in [0, 0.05) is 12.1 Å². The molecule has 0 aromatic heterocycles. The first kappa shape index (κ1) is 11.5. The standard InChI is InChI=1S/C9H9ClN2O3/c1-6(2)11-15-9-4-3-7(12(13)14)5-8(9)10/h3-5H,1-2H3. The van der Waals surface area contributed by atoms with Gasteiger partial charge < -0.3 is 4.84 Å². The Morgan fingerprint density at radius 2 is 2.20 bits per heavy atom. The van der Waals surface area contributed by atoms with Gasteiger partial charge in [-0.3, -0.25) is 10.1 Å². The highest BCUT2D eigenvalue weighted by atomic mass is 35.5. The number of nitro benzene ring substituents is 1. The van der Waals surface area contributed by atoms with E-state index in [-0.39, 0.29) is 10.7 Å². The molecule has 0 spiro atoms. The van der Waals surface area contributed by atoms with Gasteiger partial charge in [0.25, 0.3) is 5.69 Å². The van der Waals surface area contributed by atoms with Gasteiger partial charge in [0.2, 0.25) is 0 Å². The topological polar surface area (TPSA) is 64.7 Å². The van der Waals surface area contributed by atoms with Crippen LogP contribution in [0.25, 0.3) is 0 Å². The molecule has 0 radical (unpaired) electrons. The first-order chi connectivity index (χ1) is 7.00. The fourth-order valence-corrected chi connectivity index (χ4v) is 1.03. The van der Waals surface area contributed by atoms with Gasteiger partial charge in [-0.25, -0.2) is 0 Å². The quantitative estimate of drug-likeness (QED) is 0.454. The highest BCUT2D eigenvalue weighted by Crippen LogP contribution is 2.28. The van der Waals surface area contributed by atoms with Crippen LogP contribution in [0, 0.1) is 10.1 Å². The molecule has 1 rings (SSSR count). The largest absolute Gasteiger partial charge is 0.355 e. The smallest absolute Gasteiger partial charge is 0.271 e. The number of benzene rings is 1. The number of halogens is 1. The van der Waals surface area contributed by atoms with Crippen LogP contribution in [0.15, 0.2) is 23.4 Å². The number of hydrogen-bond donors (Lipinski definition) is 0. The summed E-state index contributed by atoms with van der Waals surface area (Å²) in [6, 6.07) is 3.94. The second-order valence-electron chi connectivity index (χ2n) is 3.00. The maximum absolute atomic E-state index is 10.4. The van der Waals surface area contributed by atoms with Gasteiger partial charge >= 0.3 is 0 Å². The first-order valence-corrected chi connectivity index (χ1v) is 4.50. The Balaban J connectivity index is 2.93. The van der Waals surface area contributed by atoms with Crippen LogP contribution in [0.4, 0.5) is 5.69 Å². The molecule has 0 fully saturated rings. The molecular formula is C9H9ClN2O3. The molecule has 6 heteroatoms. The number of hydrogen-bond acceptors (Lipinski definition) is 4. The Hall–Kier alpha value is -1.62. The SMILES string of the molecule is CC(C)=NOc1ccc([N+](=O)[O-])cc1Cl. The van der Waals surface area contributed by atoms with Crippen molar-refractivity contribution in [3.63, 3.8) is 0 Å². The molecule has 0 amide bonds. The molecular weight excluding hydrogens is 220 g/mol. The average Bonchev–Trinajstić information content (AvgIpc) is 2.15. The van der Waals surface area contributed by atoms with Gasteiger partial charge in [0.15, 0.2) is 5.75 Å². The molecule has 15 heavy (non-hydrogen) atoms. The minimum atomic E-state index is -0.524. The zero-order chi connectivity index (χ0) is 11.4. The van der Waals surface area contributed by atoms with Crippen LogP contribution in [0.5, 0.6) is 5.75 Å². The summed E-state index contributed by atoms with van der Waals surface area (Å²) in [4.78, 5) is 14.9. The summed E-state index contributed by atoms with van der Waals surface area (Å²) in [5.41, 5.74) is 0.647. The molecule has 0 unspecified atom stereocenters. The third-order valence-corrected chi connectivity index (χ3v) is 1.75. The van der Waals surface area contributed by atoms with E-state index in [4.69, 9.17) is 16.4 Å². The van der Waals surface area contributed by atoms with Gasteiger partial charge in [-0.05, 0) is 19.9 Å². The fourth-order valence-electron chi connectivity index (χ4n) is 0.818. The van der Waals surface area contributed by atoms with Crippen molar-refractivity contribution in [2.75, 3.05) is 0 Å². The molecule has 0 saturated carbocycles. The lowest BCUT2D eigenvalue weighted by molar-refractivity contribution is -0.384. The molecule has 80 valence electrons. The minimum absolute atomic E-state index is 0.0791. The van der Waals surface area contributed by atoms with Gasteiger partial charge in [0.1, 0.15) is 0 Å². The van der Waals surface area contributed by atoms with Gasteiger partial charge in [-0.1, -0.05) is 16.8 Å². The van der Waals surface area contributed by atoms with E-state index < -0.39 is 4.92 Å². The Bertz CT molecular complexity index is 414. The van der Waals surface area contributed by atoms with Gasteiger partial charge in [-0.15, -0.1) is 0 Å². The zero-order valence-corrected chi connectivity index (χ0v) is 8.99. The zero-order valence-electron chi connectivity index (χ0n) is 8.23. The van der Waals surface area contributed by atoms with E-state index in [1.54, 1.807) is 13.8 Å². The summed E-state index contributed by atoms with van der Waals surface area (Å²) in [7, 11) is 0. The first-order valence-electron chi connectivity index (χ1n) is 4.13. The third-order valence-electron chi connectivity index (χ3n) is 1.45. The number of nitrogens with zero attached hydrogens (tertiary/aromatic N) is 2. The van der Waals surface area contributed by atoms with E-state index >= 15 is 0 Å². The predicted molar refractivity (Wildman–Crippen MR) is 57.5 cm³/mol. The van der Waals surface area contributed by atoms with E-state index in [2.05, 4.69) is 5.16 Å². The Morgan fingerprint density at radius 1 is 1.53 bits per heavy atom. The fraction of sp³-hybridized carbons (Fsp3) is 0.222. The Kier molecular flexibility index (Phi) is 3.62. The molecule has 5 nitrogen and oxygen atoms in total. The second kappa shape index (κ2) is 4.75. The predicted octanol–water partition coefficient (Wildman–Crippen LogP) is 3.02. The molecule has 0 saturated heterocycles. The summed E-state index contributed by atoms with van der Waals surface area (Å²) in [5.74, 6) is 0.295. The van der Waals surface area contributed by atoms with Crippen molar-refractivity contribution in [3.05, 3.63) is 33.3 Å². The van der Waals surface area contributed by atoms with Crippen LogP contribution in [-0.2, 0) is 0 Å². The van der Waals surface area contributed by atoms with Crippen molar-refractivity contribution >= 4 is 23.0 Å². The van der Waals surface area contributed by atoms with E-state index in [9.17, 15) is 10.1 Å². The van der Waals surface area contributed by atoms with Crippen LogP contribution in [0.3, 0.4) is 0 Å². The van der Waals surface area contributed by atoms with E-state index in [1.807, 2.05) is 0 Å². The van der Waals surface area contributed by atoms with Gasteiger partial charge in [0.05, 0.1) is 15.7 Å². The van der Waals surface area contributed by atoms with Crippen molar-refractivity contribution in [2.45, 2.75) is 13.8 Å². The van der Waals surface area contributed by atoms with Gasteiger partial charge in [-0.2, -0.15) is 0 Å². The summed E-state index contributed by atoms with van der Waals surface area (Å²) in [5, 5.41) is 14.3. The molecule has 0 heterocycles. The highest BCUT2D eigenvalue weighted by molar-refractivity contribution is 6.32. The van der Waals surface area contributed by atoms with E-state index in [0.717, 1.165) is 5.71 Å². The highest BCUT2D eigenvalue weighted by Gasteiger charge is 2.10. The van der Waals surface area contributed by atoms with Crippen LogP contribution >= 0.6 is 11.6 Å². The van der Waals surface area contributed by atoms with Crippen LogP contribution in [0.2, 0.25) is 5.02 Å². The summed E-state index contributed by atoms with van der Waals surface area (Å²) in [6.45, 7) is 3.53. The lowest BCUT2D eigenvalue weighted by atomic mass is 10.3. The summed E-state index contributed by atoms with van der Waals surface area (Å²) >= 11 is 5.76. The maximum atomic E-state index is 10.4. The van der Waals surface area contributed by atoms with Crippen molar-refractivity contribution in [2.24, 2.45) is 5.16 Å². The van der Waals surface area contributed by atoms with Crippen molar-refractivity contribution < 1.29 is 9.76 Å². The molecule has 0 bridgehead atoms. The third kappa shape index (κ3) is 3.21. The van der Waals surface area contributed by atoms with Crippen LogP contribution < -0.4 is 4.84 Å². The molecule has 0 aliphatic carbocycles. The molecule has 1 aromatic rings. The monoisotopic (exact) mass is 228 g/mol. The molecule has 0 aliphatic rings. The molecule has 1 aromatic carbocycles. The normalized spacial score (nSPS) is 9.53. The van der Waals surface area contributed by atoms with Crippen molar-refractivity contribution in [1.82, 2.24) is 0 Å². The van der Waals surface area contributed by atoms with E-state index in [1.165, 1.54) is 18.2 Å². The average molecular weight is 229 g/mol. The minimum Gasteiger partial charge on any atom is -0.355 e. The molecule has 0 N–H and O–H groups in total. The Morgan fingerprint density at radius 3 is 2.67 bits per heavy atom. The maximum Gasteiger partial charge on any atom is 0.271 e. The lowest BCUT2D eigenvalue weighted by Gasteiger charge is -2.01. The summed E-state index contributed by atoms with van der Waals surface area (Å²) in [6.07, 6.45) is 0. The van der Waals surface area contributed by atoms with Crippen LogP contribution in [0.1, 0.15) is 13.8 Å².